The summed E-state index contributed by atoms with van der Waals surface area (Å²) in [4.78, 5) is 0. The summed E-state index contributed by atoms with van der Waals surface area (Å²) in [5.41, 5.74) is 7.43. The Kier molecular flexibility index (Phi) is 2.13. The second kappa shape index (κ2) is 3.31. The maximum absolute atomic E-state index is 5.84. The van der Waals surface area contributed by atoms with Crippen LogP contribution in [-0.4, -0.2) is 15.0 Å². The molecule has 0 aliphatic rings. The van der Waals surface area contributed by atoms with E-state index in [-0.39, 0.29) is 0 Å². The number of hydrogen-bond donors (Lipinski definition) is 1. The average Bonchev–Trinajstić information content (AvgIpc) is 2.51. The van der Waals surface area contributed by atoms with Crippen molar-refractivity contribution in [3.05, 3.63) is 35.0 Å². The lowest BCUT2D eigenvalue weighted by Crippen LogP contribution is -1.97. The maximum atomic E-state index is 5.84. The van der Waals surface area contributed by atoms with Gasteiger partial charge in [-0.25, -0.2) is 4.68 Å². The smallest absolute Gasteiger partial charge is 0.166 e. The number of nitrogen functional groups attached to an aromatic ring is 1. The van der Waals surface area contributed by atoms with E-state index in [2.05, 4.69) is 10.3 Å². The average molecular weight is 209 g/mol. The molecule has 0 saturated heterocycles. The number of hydrogen-bond acceptors (Lipinski definition) is 3. The molecule has 1 aromatic carbocycles. The van der Waals surface area contributed by atoms with Crippen molar-refractivity contribution in [3.63, 3.8) is 0 Å². The number of halogens is 1. The molecule has 0 radical (unpaired) electrons. The highest BCUT2D eigenvalue weighted by Crippen LogP contribution is 2.18. The SMILES string of the molecule is Cc1cc(Cl)ccc1-n1cc(N)nn1. The van der Waals surface area contributed by atoms with Gasteiger partial charge < -0.3 is 5.73 Å². The van der Waals surface area contributed by atoms with E-state index in [4.69, 9.17) is 17.3 Å². The fourth-order valence-corrected chi connectivity index (χ4v) is 1.50. The number of nitrogens with zero attached hydrogens (tertiary/aromatic N) is 3. The molecule has 1 heterocycles. The minimum atomic E-state index is 0.402. The molecule has 2 N–H and O–H groups in total. The Bertz CT molecular complexity index is 464. The quantitative estimate of drug-likeness (QED) is 0.778. The Morgan fingerprint density at radius 2 is 2.21 bits per heavy atom. The second-order valence-electron chi connectivity index (χ2n) is 3.02. The molecule has 4 nitrogen and oxygen atoms in total. The van der Waals surface area contributed by atoms with E-state index in [1.165, 1.54) is 0 Å². The van der Waals surface area contributed by atoms with E-state index in [1.54, 1.807) is 10.9 Å². The Labute approximate surface area is 86.3 Å². The van der Waals surface area contributed by atoms with E-state index in [1.807, 2.05) is 25.1 Å². The van der Waals surface area contributed by atoms with Crippen molar-refractivity contribution in [2.75, 3.05) is 5.73 Å². The van der Waals surface area contributed by atoms with Crippen LogP contribution in [-0.2, 0) is 0 Å². The molecule has 5 heteroatoms. The van der Waals surface area contributed by atoms with Crippen LogP contribution in [0.1, 0.15) is 5.56 Å². The summed E-state index contributed by atoms with van der Waals surface area (Å²) in [6.45, 7) is 1.96. The summed E-state index contributed by atoms with van der Waals surface area (Å²) in [5, 5.41) is 8.30. The predicted molar refractivity (Wildman–Crippen MR) is 55.5 cm³/mol. The van der Waals surface area contributed by atoms with Crippen LogP contribution in [0.5, 0.6) is 0 Å². The van der Waals surface area contributed by atoms with Gasteiger partial charge in [-0.15, -0.1) is 5.10 Å². The first-order valence-electron chi connectivity index (χ1n) is 4.11. The largest absolute Gasteiger partial charge is 0.381 e. The minimum absolute atomic E-state index is 0.402. The van der Waals surface area contributed by atoms with Crippen LogP contribution in [0.2, 0.25) is 5.02 Å². The van der Waals surface area contributed by atoms with E-state index in [0.717, 1.165) is 11.3 Å². The van der Waals surface area contributed by atoms with Crippen LogP contribution in [0.3, 0.4) is 0 Å². The molecule has 1 aromatic heterocycles. The lowest BCUT2D eigenvalue weighted by Gasteiger charge is -2.04. The Morgan fingerprint density at radius 1 is 1.43 bits per heavy atom. The predicted octanol–water partition coefficient (Wildman–Crippen LogP) is 1.81. The minimum Gasteiger partial charge on any atom is -0.381 e. The van der Waals surface area contributed by atoms with Gasteiger partial charge in [-0.1, -0.05) is 16.8 Å². The zero-order valence-corrected chi connectivity index (χ0v) is 8.36. The van der Waals surface area contributed by atoms with Crippen LogP contribution in [0.25, 0.3) is 5.69 Å². The van der Waals surface area contributed by atoms with Crippen molar-refractivity contribution in [1.29, 1.82) is 0 Å². The topological polar surface area (TPSA) is 56.7 Å². The third kappa shape index (κ3) is 1.56. The van der Waals surface area contributed by atoms with Crippen molar-refractivity contribution in [3.8, 4) is 5.69 Å². The van der Waals surface area contributed by atoms with E-state index in [0.29, 0.717) is 10.8 Å². The first kappa shape index (κ1) is 9.02. The summed E-state index contributed by atoms with van der Waals surface area (Å²) in [5.74, 6) is 0.402. The van der Waals surface area contributed by atoms with Gasteiger partial charge in [0.1, 0.15) is 0 Å². The fourth-order valence-electron chi connectivity index (χ4n) is 1.27. The molecule has 0 unspecified atom stereocenters. The van der Waals surface area contributed by atoms with Gasteiger partial charge in [0, 0.05) is 5.02 Å². The van der Waals surface area contributed by atoms with Gasteiger partial charge >= 0.3 is 0 Å². The lowest BCUT2D eigenvalue weighted by molar-refractivity contribution is 0.799. The first-order chi connectivity index (χ1) is 6.66. The van der Waals surface area contributed by atoms with Gasteiger partial charge in [0.15, 0.2) is 5.82 Å². The standard InChI is InChI=1S/C9H9ClN4/c1-6-4-7(10)2-3-8(6)14-5-9(11)12-13-14/h2-5H,11H2,1H3. The molecular formula is C9H9ClN4. The Hall–Kier alpha value is -1.55. The fraction of sp³-hybridized carbons (Fsp3) is 0.111. The molecule has 0 fully saturated rings. The Balaban J connectivity index is 2.52. The number of rotatable bonds is 1. The van der Waals surface area contributed by atoms with E-state index < -0.39 is 0 Å². The van der Waals surface area contributed by atoms with Crippen molar-refractivity contribution in [1.82, 2.24) is 15.0 Å². The molecule has 2 aromatic rings. The highest BCUT2D eigenvalue weighted by molar-refractivity contribution is 6.30. The van der Waals surface area contributed by atoms with Crippen LogP contribution < -0.4 is 5.73 Å². The summed E-state index contributed by atoms with van der Waals surface area (Å²) in [6.07, 6.45) is 1.66. The number of aromatic nitrogens is 3. The molecule has 0 amide bonds. The summed E-state index contributed by atoms with van der Waals surface area (Å²) in [7, 11) is 0. The summed E-state index contributed by atoms with van der Waals surface area (Å²) < 4.78 is 1.63. The van der Waals surface area contributed by atoms with Gasteiger partial charge in [0.25, 0.3) is 0 Å². The van der Waals surface area contributed by atoms with E-state index in [9.17, 15) is 0 Å². The molecular weight excluding hydrogens is 200 g/mol. The van der Waals surface area contributed by atoms with Crippen molar-refractivity contribution in [2.24, 2.45) is 0 Å². The zero-order valence-electron chi connectivity index (χ0n) is 7.61. The normalized spacial score (nSPS) is 10.4. The van der Waals surface area contributed by atoms with Gasteiger partial charge in [0.2, 0.25) is 0 Å². The maximum Gasteiger partial charge on any atom is 0.166 e. The van der Waals surface area contributed by atoms with Crippen LogP contribution in [0.15, 0.2) is 24.4 Å². The van der Waals surface area contributed by atoms with Crippen molar-refractivity contribution >= 4 is 17.4 Å². The van der Waals surface area contributed by atoms with Crippen molar-refractivity contribution < 1.29 is 0 Å². The lowest BCUT2D eigenvalue weighted by atomic mass is 10.2. The molecule has 0 atom stereocenters. The molecule has 72 valence electrons. The first-order valence-corrected chi connectivity index (χ1v) is 4.49. The number of aryl methyl sites for hydroxylation is 1. The zero-order chi connectivity index (χ0) is 10.1. The molecule has 0 saturated carbocycles. The highest BCUT2D eigenvalue weighted by atomic mass is 35.5. The molecule has 2 rings (SSSR count). The molecule has 0 aliphatic carbocycles. The Morgan fingerprint density at radius 3 is 2.79 bits per heavy atom. The highest BCUT2D eigenvalue weighted by Gasteiger charge is 2.03. The van der Waals surface area contributed by atoms with Gasteiger partial charge in [-0.05, 0) is 30.7 Å². The van der Waals surface area contributed by atoms with Crippen molar-refractivity contribution in [2.45, 2.75) is 6.92 Å². The third-order valence-electron chi connectivity index (χ3n) is 1.92. The van der Waals surface area contributed by atoms with Crippen LogP contribution >= 0.6 is 11.6 Å². The molecule has 0 bridgehead atoms. The van der Waals surface area contributed by atoms with Crippen LogP contribution in [0, 0.1) is 6.92 Å². The van der Waals surface area contributed by atoms with Crippen LogP contribution in [0.4, 0.5) is 5.82 Å². The number of anilines is 1. The van der Waals surface area contributed by atoms with Gasteiger partial charge in [0.05, 0.1) is 11.9 Å². The van der Waals surface area contributed by atoms with Gasteiger partial charge in [-0.2, -0.15) is 0 Å². The monoisotopic (exact) mass is 208 g/mol. The molecule has 0 spiro atoms. The molecule has 0 aliphatic heterocycles. The molecule has 14 heavy (non-hydrogen) atoms. The van der Waals surface area contributed by atoms with Gasteiger partial charge in [-0.3, -0.25) is 0 Å². The second-order valence-corrected chi connectivity index (χ2v) is 3.46. The number of nitrogens with two attached hydrogens (primary N) is 1. The third-order valence-corrected chi connectivity index (χ3v) is 2.15. The summed E-state index contributed by atoms with van der Waals surface area (Å²) >= 11 is 5.84. The summed E-state index contributed by atoms with van der Waals surface area (Å²) in [6, 6.07) is 5.56. The number of benzene rings is 1. The van der Waals surface area contributed by atoms with E-state index >= 15 is 0 Å².